The van der Waals surface area contributed by atoms with Crippen LogP contribution < -0.4 is 4.72 Å². The van der Waals surface area contributed by atoms with Gasteiger partial charge in [-0.2, -0.15) is 13.2 Å². The van der Waals surface area contributed by atoms with Crippen LogP contribution in [-0.2, 0) is 22.7 Å². The van der Waals surface area contributed by atoms with E-state index in [2.05, 4.69) is 4.72 Å². The van der Waals surface area contributed by atoms with Gasteiger partial charge in [0.15, 0.2) is 0 Å². The molecule has 10 heteroatoms. The van der Waals surface area contributed by atoms with Crippen molar-refractivity contribution in [2.45, 2.75) is 17.6 Å². The zero-order valence-corrected chi connectivity index (χ0v) is 17.1. The number of carbonyl (C=O) groups is 2. The van der Waals surface area contributed by atoms with E-state index in [9.17, 15) is 31.2 Å². The highest BCUT2D eigenvalue weighted by Gasteiger charge is 2.35. The number of imide groups is 1. The molecule has 0 saturated heterocycles. The highest BCUT2D eigenvalue weighted by Crippen LogP contribution is 2.31. The van der Waals surface area contributed by atoms with E-state index >= 15 is 0 Å². The fraction of sp³-hybridized carbons (Fsp3) is 0.0909. The van der Waals surface area contributed by atoms with Crippen LogP contribution in [0.4, 0.5) is 18.9 Å². The summed E-state index contributed by atoms with van der Waals surface area (Å²) in [6.45, 7) is -0.0479. The lowest BCUT2D eigenvalue weighted by atomic mass is 10.1. The van der Waals surface area contributed by atoms with Gasteiger partial charge < -0.3 is 0 Å². The molecule has 0 bridgehead atoms. The molecule has 2 amide bonds. The van der Waals surface area contributed by atoms with Gasteiger partial charge in [0.05, 0.1) is 28.1 Å². The monoisotopic (exact) mass is 460 g/mol. The predicted octanol–water partition coefficient (Wildman–Crippen LogP) is 4.30. The third-order valence-electron chi connectivity index (χ3n) is 4.89. The molecule has 164 valence electrons. The van der Waals surface area contributed by atoms with Gasteiger partial charge in [-0.25, -0.2) is 8.42 Å². The molecule has 0 spiro atoms. The quantitative estimate of drug-likeness (QED) is 0.576. The van der Waals surface area contributed by atoms with Gasteiger partial charge in [0.25, 0.3) is 21.8 Å². The van der Waals surface area contributed by atoms with Crippen LogP contribution in [0.15, 0.2) is 77.7 Å². The molecule has 32 heavy (non-hydrogen) atoms. The first-order chi connectivity index (χ1) is 15.1. The second-order valence-electron chi connectivity index (χ2n) is 7.07. The molecular weight excluding hydrogens is 445 g/mol. The maximum Gasteiger partial charge on any atom is 0.416 e. The van der Waals surface area contributed by atoms with Crippen molar-refractivity contribution in [1.29, 1.82) is 0 Å². The van der Waals surface area contributed by atoms with Crippen LogP contribution in [0.2, 0.25) is 0 Å². The topological polar surface area (TPSA) is 83.6 Å². The van der Waals surface area contributed by atoms with Crippen LogP contribution in [0.5, 0.6) is 0 Å². The number of nitrogens with one attached hydrogen (secondary N) is 1. The summed E-state index contributed by atoms with van der Waals surface area (Å²) in [5, 5.41) is 0. The van der Waals surface area contributed by atoms with Gasteiger partial charge >= 0.3 is 6.18 Å². The van der Waals surface area contributed by atoms with Crippen molar-refractivity contribution in [3.63, 3.8) is 0 Å². The Morgan fingerprint density at radius 2 is 1.41 bits per heavy atom. The molecular formula is C22H15F3N2O4S. The molecule has 0 fully saturated rings. The van der Waals surface area contributed by atoms with E-state index in [1.54, 1.807) is 24.3 Å². The molecule has 1 N–H and O–H groups in total. The average molecular weight is 460 g/mol. The Morgan fingerprint density at radius 3 is 1.97 bits per heavy atom. The molecule has 0 aliphatic carbocycles. The number of sulfonamides is 1. The third kappa shape index (κ3) is 4.09. The first-order valence-electron chi connectivity index (χ1n) is 9.30. The Bertz CT molecular complexity index is 1280. The third-order valence-corrected chi connectivity index (χ3v) is 6.29. The van der Waals surface area contributed by atoms with Crippen LogP contribution in [0.3, 0.4) is 0 Å². The minimum absolute atomic E-state index is 0.0479. The van der Waals surface area contributed by atoms with Crippen LogP contribution >= 0.6 is 0 Å². The first kappa shape index (κ1) is 21.6. The van der Waals surface area contributed by atoms with Crippen LogP contribution in [0.1, 0.15) is 31.8 Å². The fourth-order valence-electron chi connectivity index (χ4n) is 3.31. The zero-order chi connectivity index (χ0) is 23.1. The number of alkyl halides is 3. The van der Waals surface area contributed by atoms with Crippen LogP contribution in [-0.4, -0.2) is 25.1 Å². The Kier molecular flexibility index (Phi) is 5.25. The van der Waals surface area contributed by atoms with Crippen LogP contribution in [0, 0.1) is 0 Å². The van der Waals surface area contributed by atoms with E-state index in [1.807, 2.05) is 0 Å². The molecule has 0 saturated carbocycles. The summed E-state index contributed by atoms with van der Waals surface area (Å²) in [4.78, 5) is 25.8. The van der Waals surface area contributed by atoms with E-state index in [0.29, 0.717) is 22.8 Å². The molecule has 6 nitrogen and oxygen atoms in total. The second kappa shape index (κ2) is 7.79. The van der Waals surface area contributed by atoms with Crippen molar-refractivity contribution in [1.82, 2.24) is 4.90 Å². The van der Waals surface area contributed by atoms with Crippen molar-refractivity contribution < 1.29 is 31.2 Å². The Morgan fingerprint density at radius 1 is 0.812 bits per heavy atom. The van der Waals surface area contributed by atoms with Crippen molar-refractivity contribution in [3.05, 3.63) is 95.1 Å². The molecule has 1 heterocycles. The number of hydrogen-bond acceptors (Lipinski definition) is 4. The summed E-state index contributed by atoms with van der Waals surface area (Å²) in [5.41, 5.74) is -0.0783. The maximum absolute atomic E-state index is 12.8. The number of amides is 2. The molecule has 0 aromatic heterocycles. The lowest BCUT2D eigenvalue weighted by Gasteiger charge is -2.15. The minimum atomic E-state index is -4.60. The minimum Gasteiger partial charge on any atom is -0.280 e. The molecule has 4 rings (SSSR count). The van der Waals surface area contributed by atoms with Gasteiger partial charge in [-0.3, -0.25) is 19.2 Å². The van der Waals surface area contributed by atoms with E-state index in [-0.39, 0.29) is 17.1 Å². The largest absolute Gasteiger partial charge is 0.416 e. The standard InChI is InChI=1S/C22H15F3N2O4S/c23-22(24,25)15-4-3-5-16(12-15)26-32(30,31)17-10-8-14(9-11-17)13-27-20(28)18-6-1-2-7-19(18)21(27)29/h1-12,26H,13H2. The number of halogens is 3. The summed E-state index contributed by atoms with van der Waals surface area (Å²) in [7, 11) is -4.15. The summed E-state index contributed by atoms with van der Waals surface area (Å²) >= 11 is 0. The van der Waals surface area contributed by atoms with E-state index in [0.717, 1.165) is 17.0 Å². The highest BCUT2D eigenvalue weighted by molar-refractivity contribution is 7.92. The SMILES string of the molecule is O=C1c2ccccc2C(=O)N1Cc1ccc(S(=O)(=O)Nc2cccc(C(F)(F)F)c2)cc1. The van der Waals surface area contributed by atoms with E-state index < -0.39 is 33.6 Å². The normalized spacial score (nSPS) is 13.9. The van der Waals surface area contributed by atoms with Crippen molar-refractivity contribution in [2.75, 3.05) is 4.72 Å². The Hall–Kier alpha value is -3.66. The molecule has 0 radical (unpaired) electrons. The number of benzene rings is 3. The van der Waals surface area contributed by atoms with Crippen LogP contribution in [0.25, 0.3) is 0 Å². The highest BCUT2D eigenvalue weighted by atomic mass is 32.2. The van der Waals surface area contributed by atoms with E-state index in [1.165, 1.54) is 30.3 Å². The zero-order valence-electron chi connectivity index (χ0n) is 16.3. The Balaban J connectivity index is 1.50. The predicted molar refractivity (Wildman–Crippen MR) is 109 cm³/mol. The van der Waals surface area contributed by atoms with Crippen molar-refractivity contribution in [3.8, 4) is 0 Å². The van der Waals surface area contributed by atoms with Crippen molar-refractivity contribution in [2.24, 2.45) is 0 Å². The summed E-state index contributed by atoms with van der Waals surface area (Å²) in [6.07, 6.45) is -4.60. The first-order valence-corrected chi connectivity index (χ1v) is 10.8. The average Bonchev–Trinajstić information content (AvgIpc) is 2.99. The Labute approximate surface area is 181 Å². The summed E-state index contributed by atoms with van der Waals surface area (Å²) in [5.74, 6) is -0.873. The second-order valence-corrected chi connectivity index (χ2v) is 8.75. The van der Waals surface area contributed by atoms with Gasteiger partial charge in [-0.05, 0) is 48.0 Å². The number of fused-ring (bicyclic) bond motifs is 1. The van der Waals surface area contributed by atoms with Gasteiger partial charge in [-0.15, -0.1) is 0 Å². The lowest BCUT2D eigenvalue weighted by molar-refractivity contribution is -0.137. The number of anilines is 1. The molecule has 1 aliphatic heterocycles. The number of nitrogens with zero attached hydrogens (tertiary/aromatic N) is 1. The molecule has 1 aliphatic rings. The van der Waals surface area contributed by atoms with E-state index in [4.69, 9.17) is 0 Å². The van der Waals surface area contributed by atoms with Gasteiger partial charge in [0, 0.05) is 5.69 Å². The molecule has 3 aromatic rings. The number of hydrogen-bond donors (Lipinski definition) is 1. The smallest absolute Gasteiger partial charge is 0.280 e. The summed E-state index contributed by atoms with van der Waals surface area (Å²) in [6, 6.07) is 15.7. The van der Waals surface area contributed by atoms with Crippen molar-refractivity contribution >= 4 is 27.5 Å². The van der Waals surface area contributed by atoms with Gasteiger partial charge in [-0.1, -0.05) is 30.3 Å². The fourth-order valence-corrected chi connectivity index (χ4v) is 4.36. The van der Waals surface area contributed by atoms with Gasteiger partial charge in [0.1, 0.15) is 0 Å². The lowest BCUT2D eigenvalue weighted by Crippen LogP contribution is -2.29. The maximum atomic E-state index is 12.8. The molecule has 0 atom stereocenters. The summed E-state index contributed by atoms with van der Waals surface area (Å²) < 4.78 is 65.8. The molecule has 3 aromatic carbocycles. The number of rotatable bonds is 5. The number of carbonyl (C=O) groups excluding carboxylic acids is 2. The molecule has 0 unspecified atom stereocenters. The van der Waals surface area contributed by atoms with Gasteiger partial charge in [0.2, 0.25) is 0 Å².